The van der Waals surface area contributed by atoms with Crippen molar-refractivity contribution in [2.75, 3.05) is 12.4 Å². The van der Waals surface area contributed by atoms with Gasteiger partial charge < -0.3 is 10.1 Å². The highest BCUT2D eigenvalue weighted by atomic mass is 35.5. The van der Waals surface area contributed by atoms with Crippen molar-refractivity contribution in [1.82, 2.24) is 0 Å². The van der Waals surface area contributed by atoms with Gasteiger partial charge in [-0.25, -0.2) is 0 Å². The van der Waals surface area contributed by atoms with Crippen molar-refractivity contribution in [1.29, 1.82) is 0 Å². The lowest BCUT2D eigenvalue weighted by Gasteiger charge is -2.18. The summed E-state index contributed by atoms with van der Waals surface area (Å²) in [6.07, 6.45) is 2.19. The molecule has 104 valence electrons. The number of hydrogen-bond donors (Lipinski definition) is 1. The highest BCUT2D eigenvalue weighted by Crippen LogP contribution is 2.35. The number of fused-ring (bicyclic) bond motifs is 1. The Kier molecular flexibility index (Phi) is 3.95. The number of methoxy groups -OCH3 is 1. The van der Waals surface area contributed by atoms with Crippen molar-refractivity contribution >= 4 is 17.3 Å². The quantitative estimate of drug-likeness (QED) is 0.888. The predicted octanol–water partition coefficient (Wildman–Crippen LogP) is 4.59. The average Bonchev–Trinajstić information content (AvgIpc) is 2.83. The molecular weight excluding hydrogens is 270 g/mol. The van der Waals surface area contributed by atoms with Crippen LogP contribution in [0.3, 0.4) is 0 Å². The van der Waals surface area contributed by atoms with E-state index in [1.165, 1.54) is 16.7 Å². The lowest BCUT2D eigenvalue weighted by atomic mass is 10.1. The van der Waals surface area contributed by atoms with E-state index in [2.05, 4.69) is 35.6 Å². The molecule has 0 bridgehead atoms. The molecule has 0 radical (unpaired) electrons. The topological polar surface area (TPSA) is 21.3 Å². The summed E-state index contributed by atoms with van der Waals surface area (Å²) in [5, 5.41) is 4.47. The minimum atomic E-state index is 0.361. The van der Waals surface area contributed by atoms with Gasteiger partial charge in [0.15, 0.2) is 0 Å². The van der Waals surface area contributed by atoms with E-state index in [0.717, 1.165) is 23.6 Å². The first-order valence-corrected chi connectivity index (χ1v) is 7.27. The van der Waals surface area contributed by atoms with Crippen LogP contribution in [0.5, 0.6) is 0 Å². The van der Waals surface area contributed by atoms with E-state index in [-0.39, 0.29) is 0 Å². The van der Waals surface area contributed by atoms with Crippen LogP contribution >= 0.6 is 11.6 Å². The molecule has 3 heteroatoms. The zero-order valence-corrected chi connectivity index (χ0v) is 12.3. The monoisotopic (exact) mass is 287 g/mol. The van der Waals surface area contributed by atoms with E-state index in [9.17, 15) is 0 Å². The molecule has 0 saturated carbocycles. The van der Waals surface area contributed by atoms with Crippen molar-refractivity contribution in [3.05, 3.63) is 64.2 Å². The largest absolute Gasteiger partial charge is 0.380 e. The van der Waals surface area contributed by atoms with Crippen molar-refractivity contribution < 1.29 is 4.74 Å². The summed E-state index contributed by atoms with van der Waals surface area (Å²) in [6.45, 7) is 0.628. The van der Waals surface area contributed by atoms with Gasteiger partial charge in [-0.3, -0.25) is 0 Å². The van der Waals surface area contributed by atoms with Gasteiger partial charge in [0.2, 0.25) is 0 Å². The van der Waals surface area contributed by atoms with Gasteiger partial charge in [0.1, 0.15) is 0 Å². The number of benzene rings is 2. The van der Waals surface area contributed by atoms with Crippen LogP contribution in [0.1, 0.15) is 29.2 Å². The van der Waals surface area contributed by atoms with Crippen LogP contribution in [-0.4, -0.2) is 7.11 Å². The van der Waals surface area contributed by atoms with Crippen molar-refractivity contribution in [3.8, 4) is 0 Å². The van der Waals surface area contributed by atoms with Gasteiger partial charge in [-0.2, -0.15) is 0 Å². The fourth-order valence-corrected chi connectivity index (χ4v) is 3.06. The number of halogens is 1. The van der Waals surface area contributed by atoms with E-state index in [0.29, 0.717) is 12.6 Å². The van der Waals surface area contributed by atoms with Crippen LogP contribution < -0.4 is 5.32 Å². The van der Waals surface area contributed by atoms with Crippen LogP contribution in [-0.2, 0) is 17.8 Å². The lowest BCUT2D eigenvalue weighted by molar-refractivity contribution is 0.185. The second-order valence-electron chi connectivity index (χ2n) is 5.17. The molecule has 2 nitrogen and oxygen atoms in total. The summed E-state index contributed by atoms with van der Waals surface area (Å²) in [4.78, 5) is 0. The maximum atomic E-state index is 6.06. The van der Waals surface area contributed by atoms with Crippen LogP contribution in [0.2, 0.25) is 5.02 Å². The Bertz CT molecular complexity index is 612. The zero-order chi connectivity index (χ0) is 13.9. The smallest absolute Gasteiger partial charge is 0.0733 e. The van der Waals surface area contributed by atoms with Gasteiger partial charge in [0.05, 0.1) is 12.6 Å². The molecule has 3 rings (SSSR count). The lowest BCUT2D eigenvalue weighted by Crippen LogP contribution is -2.09. The third-order valence-corrected chi connectivity index (χ3v) is 4.06. The van der Waals surface area contributed by atoms with Crippen LogP contribution in [0.4, 0.5) is 5.69 Å². The third kappa shape index (κ3) is 2.67. The SMILES string of the molecule is COCc1ccccc1NC1CCc2cc(Cl)ccc21. The second kappa shape index (κ2) is 5.86. The van der Waals surface area contributed by atoms with Gasteiger partial charge in [-0.1, -0.05) is 35.9 Å². The molecule has 0 aromatic heterocycles. The van der Waals surface area contributed by atoms with Crippen molar-refractivity contribution in [2.24, 2.45) is 0 Å². The number of anilines is 1. The maximum absolute atomic E-state index is 6.06. The Labute approximate surface area is 124 Å². The number of rotatable bonds is 4. The molecule has 0 amide bonds. The van der Waals surface area contributed by atoms with E-state index in [1.807, 2.05) is 12.1 Å². The molecule has 2 aromatic carbocycles. The third-order valence-electron chi connectivity index (χ3n) is 3.83. The molecule has 0 aliphatic heterocycles. The van der Waals surface area contributed by atoms with Gasteiger partial charge >= 0.3 is 0 Å². The van der Waals surface area contributed by atoms with Gasteiger partial charge in [-0.05, 0) is 42.2 Å². The Balaban J connectivity index is 1.84. The number of para-hydroxylation sites is 1. The van der Waals surface area contributed by atoms with E-state index in [1.54, 1.807) is 7.11 Å². The van der Waals surface area contributed by atoms with Crippen LogP contribution in [0.25, 0.3) is 0 Å². The number of aryl methyl sites for hydroxylation is 1. The fourth-order valence-electron chi connectivity index (χ4n) is 2.87. The van der Waals surface area contributed by atoms with Crippen LogP contribution in [0.15, 0.2) is 42.5 Å². The Hall–Kier alpha value is -1.51. The summed E-state index contributed by atoms with van der Waals surface area (Å²) in [7, 11) is 1.73. The van der Waals surface area contributed by atoms with Gasteiger partial charge in [0, 0.05) is 23.4 Å². The Morgan fingerprint density at radius 1 is 1.25 bits per heavy atom. The van der Waals surface area contributed by atoms with Gasteiger partial charge in [0.25, 0.3) is 0 Å². The minimum Gasteiger partial charge on any atom is -0.380 e. The first-order chi connectivity index (χ1) is 9.78. The number of ether oxygens (including phenoxy) is 1. The summed E-state index contributed by atoms with van der Waals surface area (Å²) < 4.78 is 5.26. The number of nitrogens with one attached hydrogen (secondary N) is 1. The highest BCUT2D eigenvalue weighted by Gasteiger charge is 2.22. The molecule has 1 N–H and O–H groups in total. The first-order valence-electron chi connectivity index (χ1n) is 6.89. The van der Waals surface area contributed by atoms with E-state index in [4.69, 9.17) is 16.3 Å². The summed E-state index contributed by atoms with van der Waals surface area (Å²) in [5.74, 6) is 0. The predicted molar refractivity (Wildman–Crippen MR) is 83.3 cm³/mol. The molecule has 0 spiro atoms. The minimum absolute atomic E-state index is 0.361. The summed E-state index contributed by atoms with van der Waals surface area (Å²) in [6, 6.07) is 14.9. The molecule has 2 aromatic rings. The molecule has 0 heterocycles. The number of hydrogen-bond acceptors (Lipinski definition) is 2. The molecule has 1 aliphatic rings. The molecular formula is C17H18ClNO. The molecule has 1 atom stereocenters. The van der Waals surface area contributed by atoms with Crippen molar-refractivity contribution in [2.45, 2.75) is 25.5 Å². The summed E-state index contributed by atoms with van der Waals surface area (Å²) >= 11 is 6.06. The average molecular weight is 288 g/mol. The maximum Gasteiger partial charge on any atom is 0.0733 e. The first kappa shape index (κ1) is 13.5. The summed E-state index contributed by atoms with van der Waals surface area (Å²) in [5.41, 5.74) is 5.07. The normalized spacial score (nSPS) is 17.0. The van der Waals surface area contributed by atoms with Crippen LogP contribution in [0, 0.1) is 0 Å². The Morgan fingerprint density at radius 2 is 2.10 bits per heavy atom. The highest BCUT2D eigenvalue weighted by molar-refractivity contribution is 6.30. The zero-order valence-electron chi connectivity index (χ0n) is 11.5. The van der Waals surface area contributed by atoms with Crippen molar-refractivity contribution in [3.63, 3.8) is 0 Å². The molecule has 1 unspecified atom stereocenters. The van der Waals surface area contributed by atoms with E-state index >= 15 is 0 Å². The molecule has 0 fully saturated rings. The van der Waals surface area contributed by atoms with Gasteiger partial charge in [-0.15, -0.1) is 0 Å². The fraction of sp³-hybridized carbons (Fsp3) is 0.294. The molecule has 20 heavy (non-hydrogen) atoms. The molecule has 1 aliphatic carbocycles. The molecule has 0 saturated heterocycles. The Morgan fingerprint density at radius 3 is 2.95 bits per heavy atom. The second-order valence-corrected chi connectivity index (χ2v) is 5.61. The standard InChI is InChI=1S/C17H18ClNO/c1-20-11-13-4-2-3-5-16(13)19-17-9-6-12-10-14(18)7-8-15(12)17/h2-5,7-8,10,17,19H,6,9,11H2,1H3. The van der Waals surface area contributed by atoms with E-state index < -0.39 is 0 Å².